The number of anilines is 1. The molecule has 0 radical (unpaired) electrons. The summed E-state index contributed by atoms with van der Waals surface area (Å²) in [5.41, 5.74) is 2.69. The highest BCUT2D eigenvalue weighted by molar-refractivity contribution is 7.18. The number of fused-ring (bicyclic) bond motifs is 2. The summed E-state index contributed by atoms with van der Waals surface area (Å²) in [5, 5.41) is 4.11. The molecule has 134 valence electrons. The van der Waals surface area contributed by atoms with Gasteiger partial charge in [0.2, 0.25) is 5.91 Å². The Kier molecular flexibility index (Phi) is 4.75. The van der Waals surface area contributed by atoms with E-state index in [1.165, 1.54) is 0 Å². The summed E-state index contributed by atoms with van der Waals surface area (Å²) in [4.78, 5) is 17.0. The predicted molar refractivity (Wildman–Crippen MR) is 103 cm³/mol. The summed E-state index contributed by atoms with van der Waals surface area (Å²) >= 11 is 1.69. The van der Waals surface area contributed by atoms with Gasteiger partial charge >= 0.3 is 0 Å². The molecular weight excluding hydrogens is 348 g/mol. The lowest BCUT2D eigenvalue weighted by Gasteiger charge is -2.18. The zero-order valence-corrected chi connectivity index (χ0v) is 15.4. The first-order valence-electron chi connectivity index (χ1n) is 8.79. The Bertz CT molecular complexity index is 951. The van der Waals surface area contributed by atoms with E-state index in [4.69, 9.17) is 9.47 Å². The van der Waals surface area contributed by atoms with Crippen molar-refractivity contribution in [1.82, 2.24) is 4.98 Å². The Morgan fingerprint density at radius 2 is 2.00 bits per heavy atom. The first-order valence-corrected chi connectivity index (χ1v) is 9.61. The number of aryl methyl sites for hydroxylation is 1. The zero-order valence-electron chi connectivity index (χ0n) is 14.6. The molecule has 0 atom stereocenters. The molecular formula is C20H20N2O3S. The predicted octanol–water partition coefficient (Wildman–Crippen LogP) is 4.20. The normalized spacial score (nSPS) is 13.0. The number of aromatic nitrogens is 1. The van der Waals surface area contributed by atoms with Crippen LogP contribution >= 0.6 is 11.3 Å². The van der Waals surface area contributed by atoms with Gasteiger partial charge in [0, 0.05) is 5.69 Å². The molecule has 0 saturated carbocycles. The Hall–Kier alpha value is -2.60. The number of ether oxygens (including phenoxy) is 2. The third-order valence-corrected chi connectivity index (χ3v) is 5.23. The summed E-state index contributed by atoms with van der Waals surface area (Å²) in [6.45, 7) is 3.25. The van der Waals surface area contributed by atoms with E-state index in [2.05, 4.69) is 17.2 Å². The van der Waals surface area contributed by atoms with Gasteiger partial charge in [0.05, 0.1) is 21.6 Å². The van der Waals surface area contributed by atoms with Gasteiger partial charge in [-0.2, -0.15) is 0 Å². The molecule has 1 amide bonds. The van der Waals surface area contributed by atoms with Crippen molar-refractivity contribution in [3.63, 3.8) is 0 Å². The lowest BCUT2D eigenvalue weighted by molar-refractivity contribution is -0.115. The number of carbonyl (C=O) groups excluding carboxylic acids is 1. The molecule has 3 aromatic rings. The standard InChI is InChI=1S/C20H20N2O3S/c1-2-3-20-22-15-6-5-14(12-18(15)26-20)21-19(23)11-13-4-7-16-17(10-13)25-9-8-24-16/h4-7,10,12H,2-3,8-9,11H2,1H3,(H,21,23). The highest BCUT2D eigenvalue weighted by Crippen LogP contribution is 2.31. The number of benzene rings is 2. The van der Waals surface area contributed by atoms with Crippen LogP contribution in [0.2, 0.25) is 0 Å². The average Bonchev–Trinajstić information content (AvgIpc) is 3.03. The van der Waals surface area contributed by atoms with Gasteiger partial charge in [0.25, 0.3) is 0 Å². The van der Waals surface area contributed by atoms with Crippen molar-refractivity contribution in [1.29, 1.82) is 0 Å². The zero-order chi connectivity index (χ0) is 17.9. The fourth-order valence-electron chi connectivity index (χ4n) is 2.96. The van der Waals surface area contributed by atoms with Gasteiger partial charge in [-0.3, -0.25) is 4.79 Å². The molecule has 6 heteroatoms. The van der Waals surface area contributed by atoms with Gasteiger partial charge in [0.15, 0.2) is 11.5 Å². The summed E-state index contributed by atoms with van der Waals surface area (Å²) < 4.78 is 12.2. The number of nitrogens with zero attached hydrogens (tertiary/aromatic N) is 1. The van der Waals surface area contributed by atoms with Crippen LogP contribution in [0.4, 0.5) is 5.69 Å². The maximum atomic E-state index is 12.4. The largest absolute Gasteiger partial charge is 0.486 e. The molecule has 2 aromatic carbocycles. The van der Waals surface area contributed by atoms with Crippen LogP contribution < -0.4 is 14.8 Å². The second-order valence-corrected chi connectivity index (χ2v) is 7.36. The molecule has 2 heterocycles. The molecule has 0 fully saturated rings. The Morgan fingerprint density at radius 1 is 1.15 bits per heavy atom. The van der Waals surface area contributed by atoms with Gasteiger partial charge in [0.1, 0.15) is 13.2 Å². The van der Waals surface area contributed by atoms with E-state index in [0.29, 0.717) is 25.4 Å². The topological polar surface area (TPSA) is 60.5 Å². The van der Waals surface area contributed by atoms with Crippen molar-refractivity contribution >= 4 is 33.1 Å². The van der Waals surface area contributed by atoms with Gasteiger partial charge < -0.3 is 14.8 Å². The molecule has 1 N–H and O–H groups in total. The summed E-state index contributed by atoms with van der Waals surface area (Å²) in [5.74, 6) is 1.38. The summed E-state index contributed by atoms with van der Waals surface area (Å²) in [6, 6.07) is 11.5. The molecule has 1 aromatic heterocycles. The average molecular weight is 368 g/mol. The van der Waals surface area contributed by atoms with Crippen LogP contribution in [0.25, 0.3) is 10.2 Å². The number of thiazole rings is 1. The molecule has 0 spiro atoms. The molecule has 0 saturated heterocycles. The molecule has 4 rings (SSSR count). The summed E-state index contributed by atoms with van der Waals surface area (Å²) in [7, 11) is 0. The highest BCUT2D eigenvalue weighted by atomic mass is 32.1. The van der Waals surface area contributed by atoms with E-state index in [1.54, 1.807) is 11.3 Å². The number of carbonyl (C=O) groups is 1. The van der Waals surface area contributed by atoms with Crippen LogP contribution in [0.3, 0.4) is 0 Å². The lowest BCUT2D eigenvalue weighted by atomic mass is 10.1. The van der Waals surface area contributed by atoms with E-state index in [-0.39, 0.29) is 5.91 Å². The van der Waals surface area contributed by atoms with E-state index >= 15 is 0 Å². The second-order valence-electron chi connectivity index (χ2n) is 6.24. The van der Waals surface area contributed by atoms with Crippen LogP contribution in [-0.4, -0.2) is 24.1 Å². The minimum Gasteiger partial charge on any atom is -0.486 e. The van der Waals surface area contributed by atoms with Crippen molar-refractivity contribution in [2.24, 2.45) is 0 Å². The van der Waals surface area contributed by atoms with Crippen LogP contribution in [-0.2, 0) is 17.6 Å². The maximum Gasteiger partial charge on any atom is 0.228 e. The minimum absolute atomic E-state index is 0.0562. The highest BCUT2D eigenvalue weighted by Gasteiger charge is 2.13. The van der Waals surface area contributed by atoms with Gasteiger partial charge in [-0.05, 0) is 48.7 Å². The third-order valence-electron chi connectivity index (χ3n) is 4.15. The number of nitrogens with one attached hydrogen (secondary N) is 1. The minimum atomic E-state index is -0.0562. The third kappa shape index (κ3) is 3.65. The van der Waals surface area contributed by atoms with Crippen LogP contribution in [0, 0.1) is 0 Å². The van der Waals surface area contributed by atoms with E-state index in [9.17, 15) is 4.79 Å². The van der Waals surface area contributed by atoms with E-state index < -0.39 is 0 Å². The van der Waals surface area contributed by atoms with Crippen molar-refractivity contribution in [2.75, 3.05) is 18.5 Å². The SMILES string of the molecule is CCCc1nc2ccc(NC(=O)Cc3ccc4c(c3)OCCO4)cc2s1. The smallest absolute Gasteiger partial charge is 0.228 e. The molecule has 5 nitrogen and oxygen atoms in total. The van der Waals surface area contributed by atoms with Crippen molar-refractivity contribution in [3.05, 3.63) is 47.0 Å². The van der Waals surface area contributed by atoms with Crippen molar-refractivity contribution in [2.45, 2.75) is 26.2 Å². The molecule has 0 bridgehead atoms. The van der Waals surface area contributed by atoms with E-state index in [0.717, 1.165) is 45.1 Å². The first-order chi connectivity index (χ1) is 12.7. The number of amides is 1. The van der Waals surface area contributed by atoms with Crippen molar-refractivity contribution in [3.8, 4) is 11.5 Å². The second kappa shape index (κ2) is 7.33. The Labute approximate surface area is 156 Å². The maximum absolute atomic E-state index is 12.4. The van der Waals surface area contributed by atoms with Gasteiger partial charge in [-0.1, -0.05) is 13.0 Å². The molecule has 26 heavy (non-hydrogen) atoms. The Morgan fingerprint density at radius 3 is 2.85 bits per heavy atom. The molecule has 1 aliphatic rings. The molecule has 1 aliphatic heterocycles. The van der Waals surface area contributed by atoms with Crippen molar-refractivity contribution < 1.29 is 14.3 Å². The monoisotopic (exact) mass is 368 g/mol. The number of hydrogen-bond acceptors (Lipinski definition) is 5. The quantitative estimate of drug-likeness (QED) is 0.733. The molecule has 0 unspecified atom stereocenters. The summed E-state index contributed by atoms with van der Waals surface area (Å²) in [6.07, 6.45) is 2.36. The number of hydrogen-bond donors (Lipinski definition) is 1. The van der Waals surface area contributed by atoms with Gasteiger partial charge in [-0.15, -0.1) is 11.3 Å². The lowest BCUT2D eigenvalue weighted by Crippen LogP contribution is -2.17. The Balaban J connectivity index is 1.45. The molecule has 0 aliphatic carbocycles. The fourth-order valence-corrected chi connectivity index (χ4v) is 4.07. The first kappa shape index (κ1) is 16.8. The fraction of sp³-hybridized carbons (Fsp3) is 0.300. The van der Waals surface area contributed by atoms with Crippen LogP contribution in [0.1, 0.15) is 23.9 Å². The number of rotatable bonds is 5. The van der Waals surface area contributed by atoms with Gasteiger partial charge in [-0.25, -0.2) is 4.98 Å². The van der Waals surface area contributed by atoms with Crippen LogP contribution in [0.15, 0.2) is 36.4 Å². The van der Waals surface area contributed by atoms with E-state index in [1.807, 2.05) is 36.4 Å². The van der Waals surface area contributed by atoms with Crippen LogP contribution in [0.5, 0.6) is 11.5 Å².